The number of hydrogen-bond donors (Lipinski definition) is 3. The fourth-order valence-electron chi connectivity index (χ4n) is 3.70. The molecule has 1 unspecified atom stereocenters. The average Bonchev–Trinajstić information content (AvgIpc) is 3.27. The molecule has 1 aromatic heterocycles. The number of halogens is 4. The van der Waals surface area contributed by atoms with Gasteiger partial charge in [-0.2, -0.15) is 13.2 Å². The van der Waals surface area contributed by atoms with Gasteiger partial charge in [-0.05, 0) is 38.3 Å². The molecule has 1 aliphatic carbocycles. The van der Waals surface area contributed by atoms with Crippen molar-refractivity contribution >= 4 is 11.9 Å². The molecule has 31 heavy (non-hydrogen) atoms. The highest BCUT2D eigenvalue weighted by atomic mass is 19.4. The number of nitrogens with zero attached hydrogens (tertiary/aromatic N) is 1. The van der Waals surface area contributed by atoms with Crippen molar-refractivity contribution < 1.29 is 37.0 Å². The van der Waals surface area contributed by atoms with Crippen LogP contribution in [0.15, 0.2) is 6.07 Å². The maximum absolute atomic E-state index is 14.5. The molecule has 0 aromatic carbocycles. The van der Waals surface area contributed by atoms with Gasteiger partial charge in [0.05, 0.1) is 18.8 Å². The molecule has 2 fully saturated rings. The van der Waals surface area contributed by atoms with E-state index in [1.54, 1.807) is 0 Å². The minimum absolute atomic E-state index is 0.0497. The Balaban J connectivity index is 0.000000423. The van der Waals surface area contributed by atoms with E-state index in [9.17, 15) is 22.4 Å². The topological polar surface area (TPSA) is 101 Å². The summed E-state index contributed by atoms with van der Waals surface area (Å²) in [6.07, 6.45) is 2.20. The van der Waals surface area contributed by atoms with Crippen molar-refractivity contribution in [3.8, 4) is 5.88 Å². The lowest BCUT2D eigenvalue weighted by molar-refractivity contribution is -0.192. The summed E-state index contributed by atoms with van der Waals surface area (Å²) in [5.74, 6) is -2.50. The Hall–Kier alpha value is -2.43. The molecular weight excluding hydrogens is 422 g/mol. The molecule has 2 aliphatic rings. The lowest BCUT2D eigenvalue weighted by Crippen LogP contribution is -2.40. The van der Waals surface area contributed by atoms with Crippen molar-refractivity contribution in [1.82, 2.24) is 15.6 Å². The van der Waals surface area contributed by atoms with Gasteiger partial charge in [0.1, 0.15) is 5.82 Å². The van der Waals surface area contributed by atoms with Crippen LogP contribution in [0.25, 0.3) is 0 Å². The smallest absolute Gasteiger partial charge is 0.481 e. The van der Waals surface area contributed by atoms with Crippen LogP contribution < -0.4 is 15.4 Å². The van der Waals surface area contributed by atoms with Crippen molar-refractivity contribution in [3.63, 3.8) is 0 Å². The second-order valence-corrected chi connectivity index (χ2v) is 7.53. The Bertz CT molecular complexity index is 762. The molecule has 1 atom stereocenters. The van der Waals surface area contributed by atoms with Crippen LogP contribution in [0.5, 0.6) is 5.88 Å². The standard InChI is InChI=1S/C18H26FN3O2.C2HF3O2/c1-24-18-13(11-21-17(23)15-8-5-9-20-15)10-14(19)16(22-18)12-6-3-2-4-7-12;3-2(4,5)1(6)7/h10,12,15,20H,2-9,11H2,1H3,(H,21,23);(H,6,7). The number of amides is 1. The number of ether oxygens (including phenoxy) is 1. The van der Waals surface area contributed by atoms with E-state index in [-0.39, 0.29) is 30.2 Å². The molecule has 1 aliphatic heterocycles. The summed E-state index contributed by atoms with van der Waals surface area (Å²) in [5, 5.41) is 13.1. The van der Waals surface area contributed by atoms with Crippen molar-refractivity contribution in [2.45, 2.75) is 69.6 Å². The van der Waals surface area contributed by atoms with Crippen LogP contribution in [0.2, 0.25) is 0 Å². The van der Waals surface area contributed by atoms with Crippen LogP contribution in [0.4, 0.5) is 17.6 Å². The van der Waals surface area contributed by atoms with Gasteiger partial charge in [0.2, 0.25) is 11.8 Å². The predicted octanol–water partition coefficient (Wildman–Crippen LogP) is 3.28. The van der Waals surface area contributed by atoms with E-state index in [1.165, 1.54) is 19.6 Å². The van der Waals surface area contributed by atoms with E-state index in [2.05, 4.69) is 15.6 Å². The third-order valence-corrected chi connectivity index (χ3v) is 5.30. The number of carboxylic acid groups (broad SMARTS) is 1. The van der Waals surface area contributed by atoms with Crippen LogP contribution in [-0.4, -0.2) is 47.8 Å². The van der Waals surface area contributed by atoms with Gasteiger partial charge >= 0.3 is 12.1 Å². The van der Waals surface area contributed by atoms with Crippen molar-refractivity contribution in [1.29, 1.82) is 0 Å². The van der Waals surface area contributed by atoms with Gasteiger partial charge < -0.3 is 20.5 Å². The lowest BCUT2D eigenvalue weighted by atomic mass is 9.86. The summed E-state index contributed by atoms with van der Waals surface area (Å²) in [4.78, 5) is 25.4. The van der Waals surface area contributed by atoms with Gasteiger partial charge in [0, 0.05) is 18.0 Å². The van der Waals surface area contributed by atoms with Crippen LogP contribution in [0.3, 0.4) is 0 Å². The van der Waals surface area contributed by atoms with Crippen LogP contribution in [-0.2, 0) is 16.1 Å². The number of methoxy groups -OCH3 is 1. The van der Waals surface area contributed by atoms with Crippen molar-refractivity contribution in [2.75, 3.05) is 13.7 Å². The largest absolute Gasteiger partial charge is 0.490 e. The monoisotopic (exact) mass is 449 g/mol. The Morgan fingerprint density at radius 2 is 1.87 bits per heavy atom. The summed E-state index contributed by atoms with van der Waals surface area (Å²) < 4.78 is 51.6. The number of pyridine rings is 1. The molecule has 7 nitrogen and oxygen atoms in total. The summed E-state index contributed by atoms with van der Waals surface area (Å²) in [6, 6.07) is 1.33. The summed E-state index contributed by atoms with van der Waals surface area (Å²) >= 11 is 0. The maximum Gasteiger partial charge on any atom is 0.490 e. The second-order valence-electron chi connectivity index (χ2n) is 7.53. The van der Waals surface area contributed by atoms with Crippen LogP contribution >= 0.6 is 0 Å². The summed E-state index contributed by atoms with van der Waals surface area (Å²) in [6.45, 7) is 1.10. The van der Waals surface area contributed by atoms with Crippen molar-refractivity contribution in [3.05, 3.63) is 23.1 Å². The van der Waals surface area contributed by atoms with E-state index in [1.807, 2.05) is 0 Å². The minimum Gasteiger partial charge on any atom is -0.481 e. The molecular formula is C20H27F4N3O4. The van der Waals surface area contributed by atoms with Gasteiger partial charge in [0.15, 0.2) is 0 Å². The number of alkyl halides is 3. The zero-order chi connectivity index (χ0) is 23.0. The molecule has 3 N–H and O–H groups in total. The first-order valence-corrected chi connectivity index (χ1v) is 10.2. The van der Waals surface area contributed by atoms with Crippen LogP contribution in [0, 0.1) is 5.82 Å². The normalized spacial score (nSPS) is 19.3. The van der Waals surface area contributed by atoms with Crippen LogP contribution in [0.1, 0.15) is 62.1 Å². The van der Waals surface area contributed by atoms with Crippen molar-refractivity contribution in [2.24, 2.45) is 0 Å². The third-order valence-electron chi connectivity index (χ3n) is 5.30. The quantitative estimate of drug-likeness (QED) is 0.597. The van der Waals surface area contributed by atoms with Gasteiger partial charge in [-0.1, -0.05) is 19.3 Å². The first-order valence-electron chi connectivity index (χ1n) is 10.2. The molecule has 1 saturated carbocycles. The number of carboxylic acids is 1. The Labute approximate surface area is 177 Å². The summed E-state index contributed by atoms with van der Waals surface area (Å²) in [5.41, 5.74) is 1.10. The Kier molecular flexibility index (Phi) is 9.02. The number of rotatable bonds is 5. The molecule has 1 aromatic rings. The van der Waals surface area contributed by atoms with E-state index in [0.29, 0.717) is 17.1 Å². The Morgan fingerprint density at radius 3 is 2.39 bits per heavy atom. The molecule has 1 amide bonds. The van der Waals surface area contributed by atoms with Gasteiger partial charge in [-0.25, -0.2) is 14.2 Å². The minimum atomic E-state index is -5.08. The number of aliphatic carboxylic acids is 1. The summed E-state index contributed by atoms with van der Waals surface area (Å²) in [7, 11) is 1.54. The molecule has 11 heteroatoms. The molecule has 174 valence electrons. The molecule has 0 spiro atoms. The zero-order valence-corrected chi connectivity index (χ0v) is 17.2. The molecule has 2 heterocycles. The third kappa shape index (κ3) is 7.34. The second kappa shape index (κ2) is 11.3. The van der Waals surface area contributed by atoms with Gasteiger partial charge in [-0.3, -0.25) is 4.79 Å². The Morgan fingerprint density at radius 1 is 1.23 bits per heavy atom. The molecule has 3 rings (SSSR count). The lowest BCUT2D eigenvalue weighted by Gasteiger charge is -2.22. The fourth-order valence-corrected chi connectivity index (χ4v) is 3.70. The number of carbonyl (C=O) groups is 2. The first-order chi connectivity index (χ1) is 14.6. The van der Waals surface area contributed by atoms with E-state index < -0.39 is 12.1 Å². The number of hydrogen-bond acceptors (Lipinski definition) is 5. The van der Waals surface area contributed by atoms with E-state index in [4.69, 9.17) is 14.6 Å². The molecule has 0 radical (unpaired) electrons. The van der Waals surface area contributed by atoms with E-state index >= 15 is 0 Å². The van der Waals surface area contributed by atoms with Gasteiger partial charge in [0.25, 0.3) is 0 Å². The molecule has 0 bridgehead atoms. The SMILES string of the molecule is COc1nc(C2CCCCC2)c(F)cc1CNC(=O)C1CCCN1.O=C(O)C(F)(F)F. The number of carbonyl (C=O) groups excluding carboxylic acids is 1. The maximum atomic E-state index is 14.5. The average molecular weight is 449 g/mol. The highest BCUT2D eigenvalue weighted by Gasteiger charge is 2.38. The number of nitrogens with one attached hydrogen (secondary N) is 2. The fraction of sp³-hybridized carbons (Fsp3) is 0.650. The predicted molar refractivity (Wildman–Crippen MR) is 103 cm³/mol. The first kappa shape index (κ1) is 24.8. The highest BCUT2D eigenvalue weighted by Crippen LogP contribution is 2.34. The number of aromatic nitrogens is 1. The zero-order valence-electron chi connectivity index (χ0n) is 17.2. The van der Waals surface area contributed by atoms with E-state index in [0.717, 1.165) is 45.1 Å². The molecule has 1 saturated heterocycles. The van der Waals surface area contributed by atoms with Gasteiger partial charge in [-0.15, -0.1) is 0 Å². The highest BCUT2D eigenvalue weighted by molar-refractivity contribution is 5.82.